The molecule has 0 bridgehead atoms. The first-order chi connectivity index (χ1) is 11.5. The van der Waals surface area contributed by atoms with Gasteiger partial charge in [0, 0.05) is 45.0 Å². The lowest BCUT2D eigenvalue weighted by molar-refractivity contribution is -0.384. The van der Waals surface area contributed by atoms with Crippen molar-refractivity contribution < 1.29 is 9.31 Å². The van der Waals surface area contributed by atoms with Gasteiger partial charge >= 0.3 is 5.69 Å². The van der Waals surface area contributed by atoms with E-state index in [1.807, 2.05) is 0 Å². The summed E-state index contributed by atoms with van der Waals surface area (Å²) in [5, 5.41) is 10.9. The predicted molar refractivity (Wildman–Crippen MR) is 87.0 cm³/mol. The van der Waals surface area contributed by atoms with Crippen LogP contribution in [0.15, 0.2) is 30.6 Å². The Bertz CT molecular complexity index is 731. The van der Waals surface area contributed by atoms with E-state index in [0.717, 1.165) is 37.6 Å². The second kappa shape index (κ2) is 6.75. The third-order valence-electron chi connectivity index (χ3n) is 3.96. The minimum atomic E-state index is -0.524. The first-order valence-electron chi connectivity index (χ1n) is 7.50. The van der Waals surface area contributed by atoms with Crippen molar-refractivity contribution >= 4 is 17.3 Å². The van der Waals surface area contributed by atoms with Crippen LogP contribution in [-0.2, 0) is 6.54 Å². The highest BCUT2D eigenvalue weighted by atomic mass is 19.1. The van der Waals surface area contributed by atoms with Crippen LogP contribution in [0.3, 0.4) is 0 Å². The molecule has 1 aliphatic rings. The maximum absolute atomic E-state index is 12.9. The summed E-state index contributed by atoms with van der Waals surface area (Å²) in [4.78, 5) is 22.6. The van der Waals surface area contributed by atoms with E-state index < -0.39 is 4.92 Å². The van der Waals surface area contributed by atoms with Gasteiger partial charge in [0.1, 0.15) is 11.6 Å². The smallest absolute Gasteiger partial charge is 0.311 e. The zero-order chi connectivity index (χ0) is 17.1. The molecular formula is C15H17FN6O2. The van der Waals surface area contributed by atoms with Gasteiger partial charge in [-0.05, 0) is 17.7 Å². The molecule has 0 atom stereocenters. The summed E-state index contributed by atoms with van der Waals surface area (Å²) in [6.07, 6.45) is 2.77. The van der Waals surface area contributed by atoms with Gasteiger partial charge in [0.05, 0.1) is 11.1 Å². The molecule has 8 nitrogen and oxygen atoms in total. The highest BCUT2D eigenvalue weighted by molar-refractivity contribution is 5.53. The van der Waals surface area contributed by atoms with Crippen molar-refractivity contribution in [2.75, 3.05) is 36.8 Å². The number of pyridine rings is 2. The van der Waals surface area contributed by atoms with Crippen LogP contribution < -0.4 is 10.6 Å². The maximum Gasteiger partial charge on any atom is 0.311 e. The number of piperazine rings is 1. The van der Waals surface area contributed by atoms with Crippen molar-refractivity contribution in [3.05, 3.63) is 52.1 Å². The summed E-state index contributed by atoms with van der Waals surface area (Å²) in [5.74, 6) is 0.326. The molecule has 2 aromatic rings. The quantitative estimate of drug-likeness (QED) is 0.667. The molecule has 0 spiro atoms. The number of anilines is 2. The summed E-state index contributed by atoms with van der Waals surface area (Å²) in [6, 6.07) is 4.53. The van der Waals surface area contributed by atoms with Crippen LogP contribution in [0.5, 0.6) is 0 Å². The van der Waals surface area contributed by atoms with Crippen LogP contribution in [0, 0.1) is 15.9 Å². The van der Waals surface area contributed by atoms with E-state index in [4.69, 9.17) is 5.73 Å². The Morgan fingerprint density at radius 3 is 2.58 bits per heavy atom. The van der Waals surface area contributed by atoms with Crippen LogP contribution in [-0.4, -0.2) is 46.0 Å². The standard InChI is InChI=1S/C15H17FN6O2/c16-12-1-2-14(18-9-12)21-5-3-20(4-6-21)10-11-7-13(22(23)24)15(17)19-8-11/h1-2,7-9H,3-6,10H2,(H2,17,19). The van der Waals surface area contributed by atoms with Crippen molar-refractivity contribution in [3.63, 3.8) is 0 Å². The lowest BCUT2D eigenvalue weighted by Crippen LogP contribution is -2.46. The highest BCUT2D eigenvalue weighted by Gasteiger charge is 2.20. The third kappa shape index (κ3) is 3.57. The number of nitro groups is 1. The minimum absolute atomic E-state index is 0.0732. The lowest BCUT2D eigenvalue weighted by atomic mass is 10.2. The van der Waals surface area contributed by atoms with Gasteiger partial charge in [-0.1, -0.05) is 0 Å². The number of rotatable bonds is 4. The number of nitrogen functional groups attached to an aromatic ring is 1. The summed E-state index contributed by atoms with van der Waals surface area (Å²) in [5.41, 5.74) is 6.10. The van der Waals surface area contributed by atoms with Gasteiger partial charge in [-0.2, -0.15) is 0 Å². The van der Waals surface area contributed by atoms with E-state index in [-0.39, 0.29) is 17.3 Å². The molecule has 3 heterocycles. The molecule has 1 saturated heterocycles. The zero-order valence-electron chi connectivity index (χ0n) is 12.9. The van der Waals surface area contributed by atoms with E-state index in [1.54, 1.807) is 12.3 Å². The highest BCUT2D eigenvalue weighted by Crippen LogP contribution is 2.21. The molecule has 1 fully saturated rings. The van der Waals surface area contributed by atoms with Crippen LogP contribution in [0.25, 0.3) is 0 Å². The van der Waals surface area contributed by atoms with Crippen LogP contribution in [0.4, 0.5) is 21.7 Å². The van der Waals surface area contributed by atoms with Gasteiger partial charge in [-0.15, -0.1) is 0 Å². The molecule has 24 heavy (non-hydrogen) atoms. The van der Waals surface area contributed by atoms with E-state index >= 15 is 0 Å². The van der Waals surface area contributed by atoms with Crippen LogP contribution >= 0.6 is 0 Å². The predicted octanol–water partition coefficient (Wildman–Crippen LogP) is 1.43. The topological polar surface area (TPSA) is 101 Å². The molecule has 0 radical (unpaired) electrons. The number of hydrogen-bond acceptors (Lipinski definition) is 7. The molecule has 9 heteroatoms. The Labute approximate surface area is 137 Å². The van der Waals surface area contributed by atoms with E-state index in [9.17, 15) is 14.5 Å². The lowest BCUT2D eigenvalue weighted by Gasteiger charge is -2.35. The first-order valence-corrected chi connectivity index (χ1v) is 7.50. The van der Waals surface area contributed by atoms with E-state index in [2.05, 4.69) is 19.8 Å². The number of aromatic nitrogens is 2. The van der Waals surface area contributed by atoms with Gasteiger partial charge in [0.15, 0.2) is 0 Å². The Hall–Kier alpha value is -2.81. The molecule has 3 rings (SSSR count). The van der Waals surface area contributed by atoms with Gasteiger partial charge in [-0.25, -0.2) is 14.4 Å². The molecule has 0 aliphatic carbocycles. The summed E-state index contributed by atoms with van der Waals surface area (Å²) in [6.45, 7) is 3.62. The van der Waals surface area contributed by atoms with Gasteiger partial charge in [-0.3, -0.25) is 15.0 Å². The molecule has 0 saturated carbocycles. The number of nitrogens with two attached hydrogens (primary N) is 1. The molecule has 126 valence electrons. The monoisotopic (exact) mass is 332 g/mol. The Kier molecular flexibility index (Phi) is 4.52. The number of hydrogen-bond donors (Lipinski definition) is 1. The number of nitrogens with zero attached hydrogens (tertiary/aromatic N) is 5. The molecular weight excluding hydrogens is 315 g/mol. The van der Waals surface area contributed by atoms with Crippen molar-refractivity contribution in [3.8, 4) is 0 Å². The average molecular weight is 332 g/mol. The van der Waals surface area contributed by atoms with Crippen molar-refractivity contribution in [2.45, 2.75) is 6.54 Å². The third-order valence-corrected chi connectivity index (χ3v) is 3.96. The molecule has 2 N–H and O–H groups in total. The normalized spacial score (nSPS) is 15.5. The average Bonchev–Trinajstić information content (AvgIpc) is 2.58. The summed E-state index contributed by atoms with van der Waals surface area (Å²) in [7, 11) is 0. The van der Waals surface area contributed by atoms with Crippen molar-refractivity contribution in [2.24, 2.45) is 0 Å². The zero-order valence-corrected chi connectivity index (χ0v) is 12.9. The second-order valence-corrected chi connectivity index (χ2v) is 5.60. The SMILES string of the molecule is Nc1ncc(CN2CCN(c3ccc(F)cn3)CC2)cc1[N+](=O)[O-]. The Morgan fingerprint density at radius 1 is 1.21 bits per heavy atom. The summed E-state index contributed by atoms with van der Waals surface area (Å²) < 4.78 is 12.9. The van der Waals surface area contributed by atoms with Crippen molar-refractivity contribution in [1.82, 2.24) is 14.9 Å². The summed E-state index contributed by atoms with van der Waals surface area (Å²) >= 11 is 0. The molecule has 1 aliphatic heterocycles. The maximum atomic E-state index is 12.9. The molecule has 2 aromatic heterocycles. The number of halogens is 1. The molecule has 0 aromatic carbocycles. The second-order valence-electron chi connectivity index (χ2n) is 5.60. The van der Waals surface area contributed by atoms with Gasteiger partial charge < -0.3 is 10.6 Å². The fraction of sp³-hybridized carbons (Fsp3) is 0.333. The Balaban J connectivity index is 1.60. The Morgan fingerprint density at radius 2 is 1.96 bits per heavy atom. The van der Waals surface area contributed by atoms with Gasteiger partial charge in [0.2, 0.25) is 5.82 Å². The minimum Gasteiger partial charge on any atom is -0.378 e. The van der Waals surface area contributed by atoms with E-state index in [0.29, 0.717) is 6.54 Å². The van der Waals surface area contributed by atoms with Gasteiger partial charge in [0.25, 0.3) is 0 Å². The van der Waals surface area contributed by atoms with Crippen LogP contribution in [0.2, 0.25) is 0 Å². The fourth-order valence-electron chi connectivity index (χ4n) is 2.69. The largest absolute Gasteiger partial charge is 0.378 e. The van der Waals surface area contributed by atoms with Crippen molar-refractivity contribution in [1.29, 1.82) is 0 Å². The van der Waals surface area contributed by atoms with E-state index in [1.165, 1.54) is 18.3 Å². The molecule has 0 amide bonds. The fourth-order valence-corrected chi connectivity index (χ4v) is 2.69. The molecule has 0 unspecified atom stereocenters. The first kappa shape index (κ1) is 16.1. The van der Waals surface area contributed by atoms with Crippen LogP contribution in [0.1, 0.15) is 5.56 Å².